The maximum Gasteiger partial charge on any atom is 0.308 e. The zero-order valence-corrected chi connectivity index (χ0v) is 11.2. The average molecular weight is 275 g/mol. The number of carbonyl (C=O) groups is 2. The highest BCUT2D eigenvalue weighted by atomic mass is 16.6. The molecule has 2 rings (SSSR count). The summed E-state index contributed by atoms with van der Waals surface area (Å²) in [6.45, 7) is 1.79. The molecule has 2 N–H and O–H groups in total. The highest BCUT2D eigenvalue weighted by molar-refractivity contribution is 5.76. The number of hydrogen-bond acceptors (Lipinski definition) is 5. The molecule has 0 saturated carbocycles. The molecular formula is C15H17NO4. The standard InChI is InChI=1S/C15H17NO4/c1-2-3-13(18)15-12(8-14(19)20-15)16-11-6-4-10(9-17)5-7-11/h2-7,9,12-13,15-16,18H,8H2,1H3. The summed E-state index contributed by atoms with van der Waals surface area (Å²) in [7, 11) is 0. The van der Waals surface area contributed by atoms with Gasteiger partial charge in [-0.05, 0) is 31.2 Å². The summed E-state index contributed by atoms with van der Waals surface area (Å²) in [5.74, 6) is -0.333. The SMILES string of the molecule is CC=CC(O)C1OC(=O)CC1Nc1ccc(C=O)cc1. The van der Waals surface area contributed by atoms with Gasteiger partial charge >= 0.3 is 5.97 Å². The van der Waals surface area contributed by atoms with Gasteiger partial charge in [-0.2, -0.15) is 0 Å². The van der Waals surface area contributed by atoms with Gasteiger partial charge in [-0.15, -0.1) is 0 Å². The second kappa shape index (κ2) is 6.34. The first kappa shape index (κ1) is 14.3. The third-order valence-corrected chi connectivity index (χ3v) is 3.18. The van der Waals surface area contributed by atoms with Crippen molar-refractivity contribution in [1.82, 2.24) is 0 Å². The topological polar surface area (TPSA) is 75.6 Å². The van der Waals surface area contributed by atoms with Crippen molar-refractivity contribution in [3.63, 3.8) is 0 Å². The van der Waals surface area contributed by atoms with Gasteiger partial charge in [0.05, 0.1) is 12.5 Å². The van der Waals surface area contributed by atoms with Gasteiger partial charge in [-0.25, -0.2) is 0 Å². The zero-order chi connectivity index (χ0) is 14.5. The number of carbonyl (C=O) groups excluding carboxylic acids is 2. The zero-order valence-electron chi connectivity index (χ0n) is 11.2. The monoisotopic (exact) mass is 275 g/mol. The molecule has 20 heavy (non-hydrogen) atoms. The fourth-order valence-corrected chi connectivity index (χ4v) is 2.20. The van der Waals surface area contributed by atoms with Crippen molar-refractivity contribution in [2.24, 2.45) is 0 Å². The minimum absolute atomic E-state index is 0.203. The molecule has 1 aliphatic rings. The molecule has 1 saturated heterocycles. The Labute approximate surface area is 117 Å². The molecule has 106 valence electrons. The lowest BCUT2D eigenvalue weighted by Crippen LogP contribution is -2.38. The number of rotatable bonds is 5. The third kappa shape index (κ3) is 3.24. The van der Waals surface area contributed by atoms with Gasteiger partial charge in [0.15, 0.2) is 6.10 Å². The fraction of sp³-hybridized carbons (Fsp3) is 0.333. The number of esters is 1. The van der Waals surface area contributed by atoms with Crippen LogP contribution in [-0.4, -0.2) is 35.6 Å². The van der Waals surface area contributed by atoms with E-state index in [9.17, 15) is 14.7 Å². The van der Waals surface area contributed by atoms with Gasteiger partial charge in [-0.3, -0.25) is 9.59 Å². The molecule has 3 unspecified atom stereocenters. The van der Waals surface area contributed by atoms with Crippen molar-refractivity contribution < 1.29 is 19.4 Å². The molecule has 0 amide bonds. The van der Waals surface area contributed by atoms with Crippen LogP contribution in [0.5, 0.6) is 0 Å². The summed E-state index contributed by atoms with van der Waals surface area (Å²) < 4.78 is 5.15. The van der Waals surface area contributed by atoms with Crippen LogP contribution in [0.25, 0.3) is 0 Å². The molecule has 5 heteroatoms. The van der Waals surface area contributed by atoms with Crippen LogP contribution in [0.4, 0.5) is 5.69 Å². The lowest BCUT2D eigenvalue weighted by Gasteiger charge is -2.22. The Hall–Kier alpha value is -2.14. The molecule has 5 nitrogen and oxygen atoms in total. The van der Waals surface area contributed by atoms with E-state index in [1.807, 2.05) is 0 Å². The third-order valence-electron chi connectivity index (χ3n) is 3.18. The van der Waals surface area contributed by atoms with Crippen molar-refractivity contribution in [1.29, 1.82) is 0 Å². The van der Waals surface area contributed by atoms with Crippen molar-refractivity contribution in [2.75, 3.05) is 5.32 Å². The van der Waals surface area contributed by atoms with Gasteiger partial charge in [0.25, 0.3) is 0 Å². The highest BCUT2D eigenvalue weighted by Crippen LogP contribution is 2.23. The van der Waals surface area contributed by atoms with E-state index in [4.69, 9.17) is 4.74 Å². The van der Waals surface area contributed by atoms with E-state index in [1.165, 1.54) is 0 Å². The van der Waals surface area contributed by atoms with Gasteiger partial charge in [0, 0.05) is 11.3 Å². The number of benzene rings is 1. The van der Waals surface area contributed by atoms with E-state index in [0.717, 1.165) is 12.0 Å². The first-order valence-corrected chi connectivity index (χ1v) is 6.46. The van der Waals surface area contributed by atoms with Gasteiger partial charge in [0.1, 0.15) is 12.4 Å². The van der Waals surface area contributed by atoms with Crippen molar-refractivity contribution in [2.45, 2.75) is 31.6 Å². The van der Waals surface area contributed by atoms with Crippen molar-refractivity contribution in [3.05, 3.63) is 42.0 Å². The maximum absolute atomic E-state index is 11.4. The minimum Gasteiger partial charge on any atom is -0.457 e. The van der Waals surface area contributed by atoms with Gasteiger partial charge < -0.3 is 15.2 Å². The van der Waals surface area contributed by atoms with E-state index in [0.29, 0.717) is 5.56 Å². The number of aliphatic hydroxyl groups excluding tert-OH is 1. The van der Waals surface area contributed by atoms with Crippen LogP contribution in [0.15, 0.2) is 36.4 Å². The molecule has 1 aromatic carbocycles. The van der Waals surface area contributed by atoms with Crippen LogP contribution in [-0.2, 0) is 9.53 Å². The number of aliphatic hydroxyl groups is 1. The Kier molecular flexibility index (Phi) is 4.53. The molecule has 1 heterocycles. The predicted molar refractivity (Wildman–Crippen MR) is 74.6 cm³/mol. The summed E-state index contributed by atoms with van der Waals surface area (Å²) in [5.41, 5.74) is 1.36. The first-order valence-electron chi connectivity index (χ1n) is 6.46. The van der Waals surface area contributed by atoms with Crippen LogP contribution in [0.2, 0.25) is 0 Å². The van der Waals surface area contributed by atoms with Crippen LogP contribution in [0, 0.1) is 0 Å². The molecule has 0 radical (unpaired) electrons. The second-order valence-electron chi connectivity index (χ2n) is 4.67. The molecule has 3 atom stereocenters. The van der Waals surface area contributed by atoms with E-state index in [1.54, 1.807) is 43.3 Å². The summed E-state index contributed by atoms with van der Waals surface area (Å²) in [5, 5.41) is 13.1. The van der Waals surface area contributed by atoms with Crippen LogP contribution < -0.4 is 5.32 Å². The summed E-state index contributed by atoms with van der Waals surface area (Å²) in [4.78, 5) is 22.0. The van der Waals surface area contributed by atoms with E-state index in [-0.39, 0.29) is 18.4 Å². The first-order chi connectivity index (χ1) is 9.63. The molecule has 0 aromatic heterocycles. The Balaban J connectivity index is 2.08. The molecule has 0 bridgehead atoms. The number of nitrogens with one attached hydrogen (secondary N) is 1. The molecule has 1 fully saturated rings. The summed E-state index contributed by atoms with van der Waals surface area (Å²) in [6.07, 6.45) is 2.84. The Morgan fingerprint density at radius 2 is 2.10 bits per heavy atom. The maximum atomic E-state index is 11.4. The smallest absolute Gasteiger partial charge is 0.308 e. The summed E-state index contributed by atoms with van der Waals surface area (Å²) in [6, 6.07) is 6.59. The van der Waals surface area contributed by atoms with Crippen molar-refractivity contribution >= 4 is 17.9 Å². The summed E-state index contributed by atoms with van der Waals surface area (Å²) >= 11 is 0. The number of hydrogen-bond donors (Lipinski definition) is 2. The number of allylic oxidation sites excluding steroid dienone is 1. The van der Waals surface area contributed by atoms with E-state index >= 15 is 0 Å². The van der Waals surface area contributed by atoms with Crippen LogP contribution in [0.1, 0.15) is 23.7 Å². The highest BCUT2D eigenvalue weighted by Gasteiger charge is 2.38. The molecule has 0 spiro atoms. The second-order valence-corrected chi connectivity index (χ2v) is 4.67. The minimum atomic E-state index is -0.835. The molecule has 1 aromatic rings. The van der Waals surface area contributed by atoms with Gasteiger partial charge in [-0.1, -0.05) is 12.2 Å². The molecular weight excluding hydrogens is 258 g/mol. The largest absolute Gasteiger partial charge is 0.457 e. The number of anilines is 1. The number of aldehydes is 1. The Morgan fingerprint density at radius 1 is 1.40 bits per heavy atom. The average Bonchev–Trinajstić information content (AvgIpc) is 2.81. The van der Waals surface area contributed by atoms with E-state index in [2.05, 4.69) is 5.32 Å². The quantitative estimate of drug-likeness (QED) is 0.484. The van der Waals surface area contributed by atoms with Crippen molar-refractivity contribution in [3.8, 4) is 0 Å². The molecule has 0 aliphatic carbocycles. The van der Waals surface area contributed by atoms with Crippen LogP contribution >= 0.6 is 0 Å². The number of cyclic esters (lactones) is 1. The fourth-order valence-electron chi connectivity index (χ4n) is 2.20. The van der Waals surface area contributed by atoms with Crippen LogP contribution in [0.3, 0.4) is 0 Å². The lowest BCUT2D eigenvalue weighted by molar-refractivity contribution is -0.144. The molecule has 1 aliphatic heterocycles. The normalized spacial score (nSPS) is 23.6. The predicted octanol–water partition coefficient (Wildman–Crippen LogP) is 1.53. The van der Waals surface area contributed by atoms with E-state index < -0.39 is 12.2 Å². The Bertz CT molecular complexity index is 509. The Morgan fingerprint density at radius 3 is 2.70 bits per heavy atom. The lowest BCUT2D eigenvalue weighted by atomic mass is 10.0. The van der Waals surface area contributed by atoms with Gasteiger partial charge in [0.2, 0.25) is 0 Å². The number of ether oxygens (including phenoxy) is 1.